The summed E-state index contributed by atoms with van der Waals surface area (Å²) in [4.78, 5) is 0. The Morgan fingerprint density at radius 2 is 1.52 bits per heavy atom. The van der Waals surface area contributed by atoms with Crippen LogP contribution in [0.1, 0.15) is 88.2 Å². The van der Waals surface area contributed by atoms with E-state index in [1.807, 2.05) is 0 Å². The molecule has 5 aliphatic rings. The lowest BCUT2D eigenvalue weighted by atomic mass is 9.51. The predicted molar refractivity (Wildman–Crippen MR) is 125 cm³/mol. The fourth-order valence-corrected chi connectivity index (χ4v) is 7.70. The first-order valence-corrected chi connectivity index (χ1v) is 12.2. The molecule has 1 unspecified atom stereocenters. The summed E-state index contributed by atoms with van der Waals surface area (Å²) in [5.41, 5.74) is 4.24. The smallest absolute Gasteiger partial charge is 0.0258 e. The molecule has 0 aliphatic heterocycles. The second kappa shape index (κ2) is 9.04. The Morgan fingerprint density at radius 3 is 2.10 bits per heavy atom. The van der Waals surface area contributed by atoms with Crippen molar-refractivity contribution >= 4 is 12.4 Å². The van der Waals surface area contributed by atoms with Gasteiger partial charge in [0.25, 0.3) is 0 Å². The van der Waals surface area contributed by atoms with Gasteiger partial charge in [0.1, 0.15) is 0 Å². The molecule has 0 amide bonds. The van der Waals surface area contributed by atoms with E-state index in [0.717, 1.165) is 41.9 Å². The largest absolute Gasteiger partial charge is 0.386 e. The lowest BCUT2D eigenvalue weighted by Gasteiger charge is -2.54. The third kappa shape index (κ3) is 4.55. The first kappa shape index (κ1) is 21.3. The van der Waals surface area contributed by atoms with Crippen LogP contribution in [-0.2, 0) is 6.42 Å². The van der Waals surface area contributed by atoms with Gasteiger partial charge in [-0.25, -0.2) is 0 Å². The molecule has 1 nitrogen and oxygen atoms in total. The molecular formula is C27H40ClN. The first-order valence-electron chi connectivity index (χ1n) is 12.2. The van der Waals surface area contributed by atoms with Crippen LogP contribution in [0.15, 0.2) is 36.5 Å². The van der Waals surface area contributed by atoms with E-state index < -0.39 is 0 Å². The van der Waals surface area contributed by atoms with E-state index in [1.54, 1.807) is 12.0 Å². The Bertz CT molecular complexity index is 659. The number of rotatable bonds is 6. The van der Waals surface area contributed by atoms with Crippen molar-refractivity contribution in [1.82, 2.24) is 5.32 Å². The average Bonchev–Trinajstić information content (AvgIpc) is 2.69. The topological polar surface area (TPSA) is 12.0 Å². The summed E-state index contributed by atoms with van der Waals surface area (Å²) in [5.74, 6) is 5.79. The lowest BCUT2D eigenvalue weighted by Crippen LogP contribution is -2.43. The van der Waals surface area contributed by atoms with Gasteiger partial charge in [-0.05, 0) is 98.5 Å². The standard InChI is InChI=1S/C27H39N.ClH/c1-18(28-19(2)23-6-4-3-5-7-23)12-20-8-10-24(11-9-20)27-25-14-21-13-22(16-25)17-26(27)15-21;/h8-11,19,21-23,25-28H,1,3-7,12-17H2,2H3;1H. The Hall–Kier alpha value is -0.950. The van der Waals surface area contributed by atoms with E-state index in [9.17, 15) is 0 Å². The van der Waals surface area contributed by atoms with Crippen LogP contribution in [0.2, 0.25) is 0 Å². The highest BCUT2D eigenvalue weighted by molar-refractivity contribution is 5.85. The molecule has 2 heteroatoms. The van der Waals surface area contributed by atoms with Crippen LogP contribution in [-0.4, -0.2) is 6.04 Å². The van der Waals surface area contributed by atoms with Gasteiger partial charge >= 0.3 is 0 Å². The van der Waals surface area contributed by atoms with Crippen LogP contribution < -0.4 is 5.32 Å². The predicted octanol–water partition coefficient (Wildman–Crippen LogP) is 7.26. The van der Waals surface area contributed by atoms with Crippen LogP contribution in [0.4, 0.5) is 0 Å². The molecule has 4 bridgehead atoms. The maximum absolute atomic E-state index is 4.35. The molecule has 5 saturated carbocycles. The van der Waals surface area contributed by atoms with Crippen molar-refractivity contribution in [2.45, 2.75) is 89.5 Å². The summed E-state index contributed by atoms with van der Waals surface area (Å²) in [6.45, 7) is 6.70. The molecule has 6 rings (SSSR count). The molecule has 1 aromatic carbocycles. The number of hydrogen-bond acceptors (Lipinski definition) is 1. The van der Waals surface area contributed by atoms with Crippen LogP contribution in [0.5, 0.6) is 0 Å². The molecule has 0 aromatic heterocycles. The maximum atomic E-state index is 4.35. The summed E-state index contributed by atoms with van der Waals surface area (Å²) in [6.07, 6.45) is 15.6. The zero-order valence-corrected chi connectivity index (χ0v) is 19.1. The first-order chi connectivity index (χ1) is 13.7. The Balaban J connectivity index is 0.00000205. The minimum Gasteiger partial charge on any atom is -0.386 e. The number of nitrogens with one attached hydrogen (secondary N) is 1. The van der Waals surface area contributed by atoms with Crippen molar-refractivity contribution in [2.24, 2.45) is 29.6 Å². The summed E-state index contributed by atoms with van der Waals surface area (Å²) >= 11 is 0. The zero-order valence-electron chi connectivity index (χ0n) is 18.2. The summed E-state index contributed by atoms with van der Waals surface area (Å²) in [6, 6.07) is 10.3. The highest BCUT2D eigenvalue weighted by Gasteiger charge is 2.48. The van der Waals surface area contributed by atoms with Crippen molar-refractivity contribution in [1.29, 1.82) is 0 Å². The second-order valence-corrected chi connectivity index (χ2v) is 10.8. The van der Waals surface area contributed by atoms with E-state index in [4.69, 9.17) is 0 Å². The van der Waals surface area contributed by atoms with Crippen molar-refractivity contribution in [2.75, 3.05) is 0 Å². The molecule has 0 radical (unpaired) electrons. The van der Waals surface area contributed by atoms with E-state index >= 15 is 0 Å². The van der Waals surface area contributed by atoms with E-state index in [-0.39, 0.29) is 12.4 Å². The molecule has 1 atom stereocenters. The molecule has 0 heterocycles. The molecule has 0 spiro atoms. The van der Waals surface area contributed by atoms with Crippen LogP contribution in [0.3, 0.4) is 0 Å². The quantitative estimate of drug-likeness (QED) is 0.517. The summed E-state index contributed by atoms with van der Waals surface area (Å²) in [5, 5.41) is 3.72. The third-order valence-electron chi connectivity index (χ3n) is 8.80. The lowest BCUT2D eigenvalue weighted by molar-refractivity contribution is -0.00278. The van der Waals surface area contributed by atoms with Crippen LogP contribution in [0.25, 0.3) is 0 Å². The van der Waals surface area contributed by atoms with Crippen molar-refractivity contribution < 1.29 is 0 Å². The van der Waals surface area contributed by atoms with Gasteiger partial charge in [-0.1, -0.05) is 50.1 Å². The fourth-order valence-electron chi connectivity index (χ4n) is 7.70. The number of halogens is 1. The van der Waals surface area contributed by atoms with Crippen LogP contribution in [0, 0.1) is 29.6 Å². The van der Waals surface area contributed by atoms with Crippen molar-refractivity contribution in [3.8, 4) is 0 Å². The molecule has 160 valence electrons. The molecular weight excluding hydrogens is 374 g/mol. The Morgan fingerprint density at radius 1 is 0.931 bits per heavy atom. The summed E-state index contributed by atoms with van der Waals surface area (Å²) in [7, 11) is 0. The number of hydrogen-bond donors (Lipinski definition) is 1. The third-order valence-corrected chi connectivity index (χ3v) is 8.80. The monoisotopic (exact) mass is 413 g/mol. The maximum Gasteiger partial charge on any atom is 0.0258 e. The molecule has 29 heavy (non-hydrogen) atoms. The van der Waals surface area contributed by atoms with Gasteiger partial charge in [0.2, 0.25) is 0 Å². The van der Waals surface area contributed by atoms with E-state index in [0.29, 0.717) is 6.04 Å². The molecule has 1 N–H and O–H groups in total. The SMILES string of the molecule is C=C(Cc1ccc(C2C3CC4CC(C3)CC2C4)cc1)NC(C)C1CCCCC1.Cl. The Labute approximate surface area is 184 Å². The number of benzene rings is 1. The van der Waals surface area contributed by atoms with Crippen molar-refractivity contribution in [3.63, 3.8) is 0 Å². The molecule has 5 aliphatic carbocycles. The Kier molecular flexibility index (Phi) is 6.64. The minimum atomic E-state index is 0. The number of allylic oxidation sites excluding steroid dienone is 1. The second-order valence-electron chi connectivity index (χ2n) is 10.8. The zero-order chi connectivity index (χ0) is 19.1. The fraction of sp³-hybridized carbons (Fsp3) is 0.704. The highest BCUT2D eigenvalue weighted by Crippen LogP contribution is 2.59. The van der Waals surface area contributed by atoms with Gasteiger partial charge in [0.15, 0.2) is 0 Å². The van der Waals surface area contributed by atoms with Crippen molar-refractivity contribution in [3.05, 3.63) is 47.7 Å². The highest BCUT2D eigenvalue weighted by atomic mass is 35.5. The van der Waals surface area contributed by atoms with Gasteiger partial charge in [-0.3, -0.25) is 0 Å². The van der Waals surface area contributed by atoms with Gasteiger partial charge in [0, 0.05) is 18.2 Å². The van der Waals surface area contributed by atoms with E-state index in [2.05, 4.69) is 43.1 Å². The van der Waals surface area contributed by atoms with Gasteiger partial charge in [0.05, 0.1) is 0 Å². The van der Waals surface area contributed by atoms with Gasteiger partial charge in [-0.15, -0.1) is 12.4 Å². The van der Waals surface area contributed by atoms with Gasteiger partial charge in [-0.2, -0.15) is 0 Å². The molecule has 1 aromatic rings. The van der Waals surface area contributed by atoms with Gasteiger partial charge < -0.3 is 5.32 Å². The normalized spacial score (nSPS) is 34.4. The minimum absolute atomic E-state index is 0. The molecule has 5 fully saturated rings. The molecule has 0 saturated heterocycles. The average molecular weight is 414 g/mol. The van der Waals surface area contributed by atoms with E-state index in [1.165, 1.54) is 69.0 Å². The summed E-state index contributed by atoms with van der Waals surface area (Å²) < 4.78 is 0. The van der Waals surface area contributed by atoms with Crippen LogP contribution >= 0.6 is 12.4 Å².